The Labute approximate surface area is 156 Å². The predicted octanol–water partition coefficient (Wildman–Crippen LogP) is 4.84. The van der Waals surface area contributed by atoms with Crippen molar-refractivity contribution in [3.63, 3.8) is 0 Å². The van der Waals surface area contributed by atoms with Gasteiger partial charge in [0.25, 0.3) is 5.69 Å². The summed E-state index contributed by atoms with van der Waals surface area (Å²) in [6, 6.07) is 11.9. The zero-order chi connectivity index (χ0) is 19.2. The fourth-order valence-electron chi connectivity index (χ4n) is 3.85. The number of rotatable bonds is 3. The molecule has 4 rings (SSSR count). The van der Waals surface area contributed by atoms with Gasteiger partial charge in [-0.25, -0.2) is 0 Å². The Balaban J connectivity index is 1.64. The normalized spacial score (nSPS) is 22.4. The predicted molar refractivity (Wildman–Crippen MR) is 102 cm³/mol. The van der Waals surface area contributed by atoms with Crippen molar-refractivity contribution >= 4 is 29.0 Å². The topological polar surface area (TPSA) is 92.7 Å². The molecule has 0 saturated heterocycles. The van der Waals surface area contributed by atoms with Gasteiger partial charge in [0.1, 0.15) is 0 Å². The number of azo groups is 1. The minimum Gasteiger partial charge on any atom is -0.366 e. The first-order valence-corrected chi connectivity index (χ1v) is 8.60. The Bertz CT molecular complexity index is 958. The molecule has 0 amide bonds. The second kappa shape index (κ2) is 5.87. The van der Waals surface area contributed by atoms with Crippen LogP contribution in [0.1, 0.15) is 25.8 Å². The molecule has 2 heterocycles. The quantitative estimate of drug-likeness (QED) is 0.442. The van der Waals surface area contributed by atoms with Crippen molar-refractivity contribution < 1.29 is 9.76 Å². The zero-order valence-electron chi connectivity index (χ0n) is 15.3. The van der Waals surface area contributed by atoms with Gasteiger partial charge >= 0.3 is 0 Å². The van der Waals surface area contributed by atoms with E-state index in [1.807, 2.05) is 25.2 Å². The van der Waals surface area contributed by atoms with Crippen molar-refractivity contribution in [2.45, 2.75) is 31.4 Å². The van der Waals surface area contributed by atoms with Crippen LogP contribution in [0.5, 0.6) is 0 Å². The molecule has 2 aliphatic rings. The summed E-state index contributed by atoms with van der Waals surface area (Å²) >= 11 is 0. The molecule has 27 heavy (non-hydrogen) atoms. The van der Waals surface area contributed by atoms with Crippen LogP contribution in [0, 0.1) is 10.1 Å². The van der Waals surface area contributed by atoms with Crippen molar-refractivity contribution in [1.29, 1.82) is 0 Å². The first-order chi connectivity index (χ1) is 12.8. The van der Waals surface area contributed by atoms with Crippen LogP contribution in [0.2, 0.25) is 0 Å². The molecule has 0 radical (unpaired) electrons. The third kappa shape index (κ3) is 2.48. The molecule has 0 fully saturated rings. The van der Waals surface area contributed by atoms with Crippen LogP contribution in [-0.2, 0) is 10.3 Å². The van der Waals surface area contributed by atoms with Crippen molar-refractivity contribution in [3.8, 4) is 0 Å². The highest BCUT2D eigenvalue weighted by Crippen LogP contribution is 2.54. The number of nitro benzene ring substituents is 1. The number of hydrogen-bond donors (Lipinski definition) is 0. The van der Waals surface area contributed by atoms with Crippen LogP contribution in [-0.4, -0.2) is 23.9 Å². The maximum atomic E-state index is 10.7. The number of nitro groups is 1. The second-order valence-corrected chi connectivity index (χ2v) is 7.23. The van der Waals surface area contributed by atoms with Crippen LogP contribution in [0.15, 0.2) is 57.8 Å². The van der Waals surface area contributed by atoms with Crippen LogP contribution in [0.4, 0.5) is 22.7 Å². The van der Waals surface area contributed by atoms with E-state index in [0.717, 1.165) is 11.3 Å². The van der Waals surface area contributed by atoms with Crippen molar-refractivity contribution in [2.24, 2.45) is 15.4 Å². The summed E-state index contributed by atoms with van der Waals surface area (Å²) in [6.45, 7) is 4.28. The van der Waals surface area contributed by atoms with E-state index in [9.17, 15) is 10.1 Å². The fourth-order valence-corrected chi connectivity index (χ4v) is 3.85. The number of non-ortho nitro benzene ring substituents is 1. The van der Waals surface area contributed by atoms with Gasteiger partial charge in [0, 0.05) is 37.5 Å². The summed E-state index contributed by atoms with van der Waals surface area (Å²) < 4.78 is 0. The molecule has 8 heteroatoms. The smallest absolute Gasteiger partial charge is 0.269 e. The molecule has 0 aliphatic carbocycles. The lowest BCUT2D eigenvalue weighted by molar-refractivity contribution is -0.384. The van der Waals surface area contributed by atoms with Gasteiger partial charge in [-0.1, -0.05) is 5.16 Å². The highest BCUT2D eigenvalue weighted by Gasteiger charge is 2.59. The number of oxime groups is 1. The maximum absolute atomic E-state index is 10.7. The number of fused-ring (bicyclic) bond motifs is 1. The van der Waals surface area contributed by atoms with E-state index in [1.54, 1.807) is 18.3 Å². The standard InChI is InChI=1S/C19H19N5O3/c1-18(2)16-12-14(22-21-13-4-7-15(8-5-13)24(25)26)6-9-17(16)23(3)19(18)10-11-20-27-19/h4-9,11-12H,10H2,1-3H3/t19-/m0/s1. The van der Waals surface area contributed by atoms with E-state index in [4.69, 9.17) is 4.84 Å². The Morgan fingerprint density at radius 2 is 1.81 bits per heavy atom. The van der Waals surface area contributed by atoms with E-state index in [-0.39, 0.29) is 11.1 Å². The lowest BCUT2D eigenvalue weighted by Gasteiger charge is -2.40. The molecule has 1 atom stereocenters. The van der Waals surface area contributed by atoms with Crippen LogP contribution in [0.3, 0.4) is 0 Å². The summed E-state index contributed by atoms with van der Waals surface area (Å²) in [4.78, 5) is 18.2. The van der Waals surface area contributed by atoms with Crippen molar-refractivity contribution in [1.82, 2.24) is 0 Å². The molecule has 2 aliphatic heterocycles. The first-order valence-electron chi connectivity index (χ1n) is 8.60. The van der Waals surface area contributed by atoms with E-state index >= 15 is 0 Å². The third-order valence-electron chi connectivity index (χ3n) is 5.52. The molecule has 2 aromatic rings. The van der Waals surface area contributed by atoms with Gasteiger partial charge in [0.2, 0.25) is 5.72 Å². The summed E-state index contributed by atoms with van der Waals surface area (Å²) in [5.74, 6) is 0. The summed E-state index contributed by atoms with van der Waals surface area (Å²) in [7, 11) is 2.01. The molecule has 138 valence electrons. The number of likely N-dealkylation sites (N-methyl/N-ethyl adjacent to an activating group) is 1. The Hall–Kier alpha value is -3.29. The molecule has 0 bridgehead atoms. The Kier molecular flexibility index (Phi) is 3.73. The minimum atomic E-state index is -0.524. The van der Waals surface area contributed by atoms with Gasteiger partial charge in [-0.2, -0.15) is 10.2 Å². The molecule has 2 aromatic carbocycles. The Morgan fingerprint density at radius 3 is 2.44 bits per heavy atom. The molecule has 0 N–H and O–H groups in total. The van der Waals surface area contributed by atoms with Gasteiger partial charge in [-0.05, 0) is 49.7 Å². The SMILES string of the molecule is CN1c2ccc(N=Nc3ccc([N+](=O)[O-])cc3)cc2C(C)(C)[C@@]12CC=NO2. The van der Waals surface area contributed by atoms with E-state index < -0.39 is 10.6 Å². The van der Waals surface area contributed by atoms with E-state index in [2.05, 4.69) is 34.1 Å². The summed E-state index contributed by atoms with van der Waals surface area (Å²) in [5, 5.41) is 23.2. The van der Waals surface area contributed by atoms with Gasteiger partial charge in [0.05, 0.1) is 21.7 Å². The van der Waals surface area contributed by atoms with Gasteiger partial charge in [-0.3, -0.25) is 10.1 Å². The summed E-state index contributed by atoms with van der Waals surface area (Å²) in [5.41, 5.74) is 2.69. The fraction of sp³-hybridized carbons (Fsp3) is 0.316. The number of nitrogens with zero attached hydrogens (tertiary/aromatic N) is 5. The lowest BCUT2D eigenvalue weighted by Crippen LogP contribution is -2.54. The Morgan fingerprint density at radius 1 is 1.15 bits per heavy atom. The van der Waals surface area contributed by atoms with Crippen molar-refractivity contribution in [3.05, 3.63) is 58.1 Å². The molecular formula is C19H19N5O3. The largest absolute Gasteiger partial charge is 0.366 e. The van der Waals surface area contributed by atoms with Gasteiger partial charge < -0.3 is 9.74 Å². The van der Waals surface area contributed by atoms with Crippen LogP contribution in [0.25, 0.3) is 0 Å². The first kappa shape index (κ1) is 17.1. The highest BCUT2D eigenvalue weighted by molar-refractivity contribution is 5.73. The third-order valence-corrected chi connectivity index (χ3v) is 5.52. The van der Waals surface area contributed by atoms with E-state index in [0.29, 0.717) is 17.8 Å². The highest BCUT2D eigenvalue weighted by atomic mass is 16.7. The monoisotopic (exact) mass is 365 g/mol. The summed E-state index contributed by atoms with van der Waals surface area (Å²) in [6.07, 6.45) is 2.52. The van der Waals surface area contributed by atoms with Gasteiger partial charge in [0.15, 0.2) is 0 Å². The lowest BCUT2D eigenvalue weighted by atomic mass is 9.76. The average molecular weight is 365 g/mol. The van der Waals surface area contributed by atoms with Crippen LogP contribution < -0.4 is 4.90 Å². The molecule has 8 nitrogen and oxygen atoms in total. The molecule has 0 aromatic heterocycles. The maximum Gasteiger partial charge on any atom is 0.269 e. The second-order valence-electron chi connectivity index (χ2n) is 7.23. The van der Waals surface area contributed by atoms with Gasteiger partial charge in [-0.15, -0.1) is 0 Å². The van der Waals surface area contributed by atoms with Crippen LogP contribution >= 0.6 is 0 Å². The number of benzene rings is 2. The van der Waals surface area contributed by atoms with E-state index in [1.165, 1.54) is 12.1 Å². The number of hydrogen-bond acceptors (Lipinski definition) is 7. The minimum absolute atomic E-state index is 0.0281. The average Bonchev–Trinajstić information content (AvgIpc) is 3.22. The molecule has 0 unspecified atom stereocenters. The molecule has 1 spiro atoms. The van der Waals surface area contributed by atoms with Crippen molar-refractivity contribution in [2.75, 3.05) is 11.9 Å². The molecule has 0 saturated carbocycles. The zero-order valence-corrected chi connectivity index (χ0v) is 15.3. The molecular weight excluding hydrogens is 346 g/mol. The number of anilines is 1.